The van der Waals surface area contributed by atoms with Crippen molar-refractivity contribution in [3.05, 3.63) is 65.2 Å². The number of methoxy groups -OCH3 is 1. The normalized spacial score (nSPS) is 10.5. The summed E-state index contributed by atoms with van der Waals surface area (Å²) < 4.78 is 4.58. The molecule has 0 saturated heterocycles. The summed E-state index contributed by atoms with van der Waals surface area (Å²) in [5.41, 5.74) is 3.57. The van der Waals surface area contributed by atoms with Gasteiger partial charge >= 0.3 is 6.09 Å². The van der Waals surface area contributed by atoms with Crippen molar-refractivity contribution in [2.24, 2.45) is 5.16 Å². The van der Waals surface area contributed by atoms with Crippen LogP contribution in [0.25, 0.3) is 0 Å². The average Bonchev–Trinajstić information content (AvgIpc) is 2.53. The average molecular weight is 298 g/mol. The van der Waals surface area contributed by atoms with Gasteiger partial charge in [-0.05, 0) is 18.6 Å². The molecule has 0 aromatic heterocycles. The highest BCUT2D eigenvalue weighted by Gasteiger charge is 2.04. The van der Waals surface area contributed by atoms with Gasteiger partial charge in [-0.3, -0.25) is 5.32 Å². The first-order valence-electron chi connectivity index (χ1n) is 6.84. The minimum absolute atomic E-state index is 0.394. The van der Waals surface area contributed by atoms with Crippen molar-refractivity contribution in [2.75, 3.05) is 12.4 Å². The Hall–Kier alpha value is -2.82. The summed E-state index contributed by atoms with van der Waals surface area (Å²) in [6.07, 6.45) is 1.03. The molecule has 0 heterocycles. The number of benzene rings is 2. The molecule has 5 heteroatoms. The summed E-state index contributed by atoms with van der Waals surface area (Å²) in [6.45, 7) is 2.42. The van der Waals surface area contributed by atoms with E-state index in [1.54, 1.807) is 12.3 Å². The van der Waals surface area contributed by atoms with E-state index in [-0.39, 0.29) is 0 Å². The Balaban J connectivity index is 1.97. The number of nitrogens with one attached hydrogen (secondary N) is 1. The van der Waals surface area contributed by atoms with E-state index in [9.17, 15) is 4.79 Å². The van der Waals surface area contributed by atoms with Crippen molar-refractivity contribution < 1.29 is 14.4 Å². The van der Waals surface area contributed by atoms with E-state index >= 15 is 0 Å². The standard InChI is InChI=1S/C17H18N2O3/c1-13-6-5-7-14(10-13)12-22-18-11-15-8-3-4-9-16(15)19-17(20)21-2/h3-11H,12H2,1-2H3,(H,19,20)/b18-11+. The third-order valence-electron chi connectivity index (χ3n) is 2.96. The highest BCUT2D eigenvalue weighted by atomic mass is 16.6. The molecule has 114 valence electrons. The van der Waals surface area contributed by atoms with Crippen LogP contribution in [0.5, 0.6) is 0 Å². The lowest BCUT2D eigenvalue weighted by atomic mass is 10.1. The molecule has 0 aliphatic carbocycles. The largest absolute Gasteiger partial charge is 0.453 e. The van der Waals surface area contributed by atoms with Crippen molar-refractivity contribution in [3.8, 4) is 0 Å². The fraction of sp³-hybridized carbons (Fsp3) is 0.176. The number of oxime groups is 1. The summed E-state index contributed by atoms with van der Waals surface area (Å²) in [5, 5.41) is 6.56. The molecule has 2 aromatic rings. The topological polar surface area (TPSA) is 59.9 Å². The summed E-state index contributed by atoms with van der Waals surface area (Å²) in [4.78, 5) is 16.6. The van der Waals surface area contributed by atoms with Gasteiger partial charge in [0.25, 0.3) is 0 Å². The van der Waals surface area contributed by atoms with Crippen LogP contribution in [-0.2, 0) is 16.2 Å². The molecule has 0 aliphatic heterocycles. The fourth-order valence-corrected chi connectivity index (χ4v) is 1.89. The van der Waals surface area contributed by atoms with Gasteiger partial charge < -0.3 is 9.57 Å². The van der Waals surface area contributed by atoms with Crippen LogP contribution in [0.1, 0.15) is 16.7 Å². The van der Waals surface area contributed by atoms with Gasteiger partial charge in [-0.15, -0.1) is 0 Å². The van der Waals surface area contributed by atoms with Crippen molar-refractivity contribution in [1.29, 1.82) is 0 Å². The Morgan fingerprint density at radius 1 is 1.23 bits per heavy atom. The zero-order valence-corrected chi connectivity index (χ0v) is 12.6. The summed E-state index contributed by atoms with van der Waals surface area (Å²) in [6, 6.07) is 15.3. The summed E-state index contributed by atoms with van der Waals surface area (Å²) in [5.74, 6) is 0. The van der Waals surface area contributed by atoms with E-state index in [0.717, 1.165) is 11.1 Å². The minimum atomic E-state index is -0.526. The quantitative estimate of drug-likeness (QED) is 0.676. The van der Waals surface area contributed by atoms with Crippen LogP contribution in [0.2, 0.25) is 0 Å². The van der Waals surface area contributed by atoms with E-state index in [0.29, 0.717) is 12.3 Å². The number of aryl methyl sites for hydroxylation is 1. The molecule has 1 amide bonds. The molecule has 2 rings (SSSR count). The maximum Gasteiger partial charge on any atom is 0.411 e. The van der Waals surface area contributed by atoms with Crippen molar-refractivity contribution in [1.82, 2.24) is 0 Å². The smallest absolute Gasteiger partial charge is 0.411 e. The van der Waals surface area contributed by atoms with Crippen LogP contribution < -0.4 is 5.32 Å². The number of nitrogens with zero attached hydrogens (tertiary/aromatic N) is 1. The maximum absolute atomic E-state index is 11.3. The lowest BCUT2D eigenvalue weighted by molar-refractivity contribution is 0.132. The molecule has 0 fully saturated rings. The van der Waals surface area contributed by atoms with Gasteiger partial charge in [0.15, 0.2) is 0 Å². The monoisotopic (exact) mass is 298 g/mol. The molecule has 22 heavy (non-hydrogen) atoms. The minimum Gasteiger partial charge on any atom is -0.453 e. The van der Waals surface area contributed by atoms with E-state index < -0.39 is 6.09 Å². The van der Waals surface area contributed by atoms with Gasteiger partial charge in [0.05, 0.1) is 19.0 Å². The summed E-state index contributed by atoms with van der Waals surface area (Å²) in [7, 11) is 1.32. The summed E-state index contributed by atoms with van der Waals surface area (Å²) >= 11 is 0. The third-order valence-corrected chi connectivity index (χ3v) is 2.96. The second-order valence-electron chi connectivity index (χ2n) is 4.70. The molecular weight excluding hydrogens is 280 g/mol. The Labute approximate surface area is 129 Å². The Bertz CT molecular complexity index is 668. The molecule has 0 saturated carbocycles. The van der Waals surface area contributed by atoms with Gasteiger partial charge in [0, 0.05) is 5.56 Å². The SMILES string of the molecule is COC(=O)Nc1ccccc1/C=N/OCc1cccc(C)c1. The highest BCUT2D eigenvalue weighted by Crippen LogP contribution is 2.13. The predicted molar refractivity (Wildman–Crippen MR) is 86.0 cm³/mol. The number of rotatable bonds is 5. The first kappa shape index (κ1) is 15.6. The number of hydrogen-bond acceptors (Lipinski definition) is 4. The molecule has 0 unspecified atom stereocenters. The number of carbonyl (C=O) groups is 1. The van der Waals surface area contributed by atoms with Crippen LogP contribution in [0.15, 0.2) is 53.7 Å². The molecule has 5 nitrogen and oxygen atoms in total. The Morgan fingerprint density at radius 2 is 2.05 bits per heavy atom. The van der Waals surface area contributed by atoms with Gasteiger partial charge in [-0.25, -0.2) is 4.79 Å². The molecule has 0 radical (unpaired) electrons. The van der Waals surface area contributed by atoms with E-state index in [1.165, 1.54) is 12.7 Å². The molecule has 0 atom stereocenters. The number of hydrogen-bond donors (Lipinski definition) is 1. The molecule has 1 N–H and O–H groups in total. The molecular formula is C17H18N2O3. The second-order valence-corrected chi connectivity index (χ2v) is 4.70. The third kappa shape index (κ3) is 4.63. The number of para-hydroxylation sites is 1. The highest BCUT2D eigenvalue weighted by molar-refractivity contribution is 5.94. The number of ether oxygens (including phenoxy) is 1. The van der Waals surface area contributed by atoms with E-state index in [2.05, 4.69) is 15.2 Å². The van der Waals surface area contributed by atoms with E-state index in [4.69, 9.17) is 4.84 Å². The number of carbonyl (C=O) groups excluding carboxylic acids is 1. The number of amides is 1. The van der Waals surface area contributed by atoms with Crippen LogP contribution in [0.3, 0.4) is 0 Å². The van der Waals surface area contributed by atoms with Crippen molar-refractivity contribution in [2.45, 2.75) is 13.5 Å². The predicted octanol–water partition coefficient (Wildman–Crippen LogP) is 3.72. The fourth-order valence-electron chi connectivity index (χ4n) is 1.89. The van der Waals surface area contributed by atoms with Crippen molar-refractivity contribution >= 4 is 18.0 Å². The lowest BCUT2D eigenvalue weighted by Crippen LogP contribution is -2.12. The zero-order chi connectivity index (χ0) is 15.8. The van der Waals surface area contributed by atoms with Crippen LogP contribution in [0.4, 0.5) is 10.5 Å². The molecule has 0 aliphatic rings. The van der Waals surface area contributed by atoms with Crippen LogP contribution in [-0.4, -0.2) is 19.4 Å². The maximum atomic E-state index is 11.3. The van der Waals surface area contributed by atoms with Crippen LogP contribution in [0, 0.1) is 6.92 Å². The molecule has 0 spiro atoms. The molecule has 2 aromatic carbocycles. The number of anilines is 1. The van der Waals surface area contributed by atoms with E-state index in [1.807, 2.05) is 49.4 Å². The second kappa shape index (κ2) is 7.83. The molecule has 0 bridgehead atoms. The van der Waals surface area contributed by atoms with Gasteiger partial charge in [-0.1, -0.05) is 53.2 Å². The first-order valence-corrected chi connectivity index (χ1v) is 6.84. The van der Waals surface area contributed by atoms with Crippen molar-refractivity contribution in [3.63, 3.8) is 0 Å². The van der Waals surface area contributed by atoms with Gasteiger partial charge in [0.2, 0.25) is 0 Å². The Morgan fingerprint density at radius 3 is 2.82 bits per heavy atom. The first-order chi connectivity index (χ1) is 10.7. The van der Waals surface area contributed by atoms with Gasteiger partial charge in [-0.2, -0.15) is 0 Å². The lowest BCUT2D eigenvalue weighted by Gasteiger charge is -2.06. The van der Waals surface area contributed by atoms with Crippen LogP contribution >= 0.6 is 0 Å². The zero-order valence-electron chi connectivity index (χ0n) is 12.6. The van der Waals surface area contributed by atoms with Gasteiger partial charge in [0.1, 0.15) is 6.61 Å². The Kier molecular flexibility index (Phi) is 5.54.